The van der Waals surface area contributed by atoms with Gasteiger partial charge in [-0.15, -0.1) is 0 Å². The van der Waals surface area contributed by atoms with Crippen LogP contribution in [0.15, 0.2) is 52.9 Å². The molecule has 0 amide bonds. The smallest absolute Gasteiger partial charge is 0.134 e. The molecule has 2 heterocycles. The molecule has 0 aliphatic carbocycles. The van der Waals surface area contributed by atoms with Gasteiger partial charge in [-0.05, 0) is 24.3 Å². The number of rotatable bonds is 2. The third-order valence-corrected chi connectivity index (χ3v) is 2.66. The van der Waals surface area contributed by atoms with Crippen molar-refractivity contribution in [3.8, 4) is 0 Å². The van der Waals surface area contributed by atoms with Crippen LogP contribution in [0.2, 0.25) is 0 Å². The van der Waals surface area contributed by atoms with E-state index < -0.39 is 0 Å². The molecule has 17 heavy (non-hydrogen) atoms. The van der Waals surface area contributed by atoms with Gasteiger partial charge < -0.3 is 10.2 Å². The van der Waals surface area contributed by atoms with Gasteiger partial charge in [0.1, 0.15) is 17.2 Å². The molecular formula is C14H12N2O. The SMILES string of the molecule is Nc1cccc(Cc2cc3ccccc3o2)n1. The quantitative estimate of drug-likeness (QED) is 0.728. The highest BCUT2D eigenvalue weighted by Gasteiger charge is 2.04. The molecule has 0 fully saturated rings. The van der Waals surface area contributed by atoms with Gasteiger partial charge in [0.2, 0.25) is 0 Å². The Morgan fingerprint density at radius 3 is 2.76 bits per heavy atom. The van der Waals surface area contributed by atoms with Crippen LogP contribution in [0.5, 0.6) is 0 Å². The lowest BCUT2D eigenvalue weighted by molar-refractivity contribution is 0.560. The zero-order chi connectivity index (χ0) is 11.7. The number of benzene rings is 1. The molecule has 0 saturated heterocycles. The van der Waals surface area contributed by atoms with Crippen molar-refractivity contribution in [2.24, 2.45) is 0 Å². The van der Waals surface area contributed by atoms with Crippen molar-refractivity contribution in [1.29, 1.82) is 0 Å². The van der Waals surface area contributed by atoms with Crippen molar-refractivity contribution < 1.29 is 4.42 Å². The van der Waals surface area contributed by atoms with Gasteiger partial charge in [-0.3, -0.25) is 0 Å². The van der Waals surface area contributed by atoms with E-state index in [4.69, 9.17) is 10.2 Å². The van der Waals surface area contributed by atoms with E-state index in [0.29, 0.717) is 12.2 Å². The summed E-state index contributed by atoms with van der Waals surface area (Å²) in [4.78, 5) is 4.26. The minimum absolute atomic E-state index is 0.540. The summed E-state index contributed by atoms with van der Waals surface area (Å²) in [5, 5.41) is 1.12. The molecule has 1 aromatic carbocycles. The normalized spacial score (nSPS) is 10.8. The third-order valence-electron chi connectivity index (χ3n) is 2.66. The van der Waals surface area contributed by atoms with Crippen molar-refractivity contribution in [3.63, 3.8) is 0 Å². The van der Waals surface area contributed by atoms with E-state index in [-0.39, 0.29) is 0 Å². The van der Waals surface area contributed by atoms with E-state index in [1.807, 2.05) is 42.5 Å². The highest BCUT2D eigenvalue weighted by atomic mass is 16.3. The molecule has 0 radical (unpaired) electrons. The molecule has 0 unspecified atom stereocenters. The fourth-order valence-electron chi connectivity index (χ4n) is 1.90. The zero-order valence-corrected chi connectivity index (χ0v) is 9.26. The number of anilines is 1. The Morgan fingerprint density at radius 2 is 1.94 bits per heavy atom. The maximum atomic E-state index is 5.73. The highest BCUT2D eigenvalue weighted by molar-refractivity contribution is 5.77. The maximum Gasteiger partial charge on any atom is 0.134 e. The van der Waals surface area contributed by atoms with E-state index in [2.05, 4.69) is 4.98 Å². The summed E-state index contributed by atoms with van der Waals surface area (Å²) in [6.45, 7) is 0. The largest absolute Gasteiger partial charge is 0.461 e. The van der Waals surface area contributed by atoms with E-state index in [1.165, 1.54) is 0 Å². The average molecular weight is 224 g/mol. The molecule has 84 valence electrons. The predicted octanol–water partition coefficient (Wildman–Crippen LogP) is 3.00. The number of hydrogen-bond acceptors (Lipinski definition) is 3. The summed E-state index contributed by atoms with van der Waals surface area (Å²) in [6, 6.07) is 15.6. The molecule has 3 heteroatoms. The van der Waals surface area contributed by atoms with Crippen LogP contribution >= 0.6 is 0 Å². The van der Waals surface area contributed by atoms with Crippen molar-refractivity contribution in [3.05, 3.63) is 60.0 Å². The van der Waals surface area contributed by atoms with Crippen LogP contribution in [0.1, 0.15) is 11.5 Å². The number of nitrogen functional groups attached to an aromatic ring is 1. The van der Waals surface area contributed by atoms with Crippen LogP contribution in [-0.4, -0.2) is 4.98 Å². The first-order valence-electron chi connectivity index (χ1n) is 5.50. The number of pyridine rings is 1. The first-order chi connectivity index (χ1) is 8.31. The van der Waals surface area contributed by atoms with Gasteiger partial charge in [0, 0.05) is 11.8 Å². The minimum Gasteiger partial charge on any atom is -0.461 e. The number of nitrogens with zero attached hydrogens (tertiary/aromatic N) is 1. The van der Waals surface area contributed by atoms with Crippen LogP contribution in [-0.2, 0) is 6.42 Å². The summed E-state index contributed by atoms with van der Waals surface area (Å²) < 4.78 is 5.73. The second-order valence-electron chi connectivity index (χ2n) is 3.98. The number of aromatic nitrogens is 1. The van der Waals surface area contributed by atoms with Gasteiger partial charge in [0.05, 0.1) is 5.69 Å². The summed E-state index contributed by atoms with van der Waals surface area (Å²) in [7, 11) is 0. The van der Waals surface area contributed by atoms with Crippen LogP contribution in [0.4, 0.5) is 5.82 Å². The summed E-state index contributed by atoms with van der Waals surface area (Å²) >= 11 is 0. The van der Waals surface area contributed by atoms with Crippen molar-refractivity contribution in [2.75, 3.05) is 5.73 Å². The van der Waals surface area contributed by atoms with Gasteiger partial charge >= 0.3 is 0 Å². The Labute approximate surface area is 98.9 Å². The molecule has 0 spiro atoms. The van der Waals surface area contributed by atoms with E-state index in [9.17, 15) is 0 Å². The number of nitrogens with two attached hydrogens (primary N) is 1. The molecule has 2 N–H and O–H groups in total. The van der Waals surface area contributed by atoms with Crippen molar-refractivity contribution in [1.82, 2.24) is 4.98 Å². The van der Waals surface area contributed by atoms with Crippen molar-refractivity contribution in [2.45, 2.75) is 6.42 Å². The van der Waals surface area contributed by atoms with E-state index in [0.717, 1.165) is 22.4 Å². The molecule has 2 aromatic heterocycles. The predicted molar refractivity (Wildman–Crippen MR) is 67.7 cm³/mol. The Balaban J connectivity index is 1.94. The standard InChI is InChI=1S/C14H12N2O/c15-14-7-3-5-11(16-14)9-12-8-10-4-1-2-6-13(10)17-12/h1-8H,9H2,(H2,15,16). The molecule has 0 aliphatic rings. The molecule has 0 aliphatic heterocycles. The zero-order valence-electron chi connectivity index (χ0n) is 9.26. The number of furan rings is 1. The second kappa shape index (κ2) is 3.94. The van der Waals surface area contributed by atoms with E-state index >= 15 is 0 Å². The Bertz CT molecular complexity index is 625. The topological polar surface area (TPSA) is 52.0 Å². The van der Waals surface area contributed by atoms with E-state index in [1.54, 1.807) is 6.07 Å². The summed E-state index contributed by atoms with van der Waals surface area (Å²) in [5.41, 5.74) is 7.47. The Kier molecular flexibility index (Phi) is 2.29. The molecule has 0 saturated carbocycles. The summed E-state index contributed by atoms with van der Waals surface area (Å²) in [5.74, 6) is 1.45. The Morgan fingerprint density at radius 1 is 1.06 bits per heavy atom. The van der Waals surface area contributed by atoms with Crippen LogP contribution < -0.4 is 5.73 Å². The lowest BCUT2D eigenvalue weighted by Crippen LogP contribution is -1.95. The number of fused-ring (bicyclic) bond motifs is 1. The first-order valence-corrected chi connectivity index (χ1v) is 5.50. The van der Waals surface area contributed by atoms with Gasteiger partial charge in [0.25, 0.3) is 0 Å². The molecule has 0 atom stereocenters. The van der Waals surface area contributed by atoms with Gasteiger partial charge in [-0.1, -0.05) is 24.3 Å². The second-order valence-corrected chi connectivity index (χ2v) is 3.98. The average Bonchev–Trinajstić information content (AvgIpc) is 2.71. The third kappa shape index (κ3) is 1.99. The molecule has 0 bridgehead atoms. The molecular weight excluding hydrogens is 212 g/mol. The van der Waals surface area contributed by atoms with Crippen LogP contribution in [0, 0.1) is 0 Å². The van der Waals surface area contributed by atoms with Gasteiger partial charge in [0.15, 0.2) is 0 Å². The van der Waals surface area contributed by atoms with Crippen LogP contribution in [0.3, 0.4) is 0 Å². The van der Waals surface area contributed by atoms with Crippen LogP contribution in [0.25, 0.3) is 11.0 Å². The Hall–Kier alpha value is -2.29. The van der Waals surface area contributed by atoms with Gasteiger partial charge in [-0.25, -0.2) is 4.98 Å². The fraction of sp³-hybridized carbons (Fsp3) is 0.0714. The number of hydrogen-bond donors (Lipinski definition) is 1. The molecule has 3 aromatic rings. The highest BCUT2D eigenvalue weighted by Crippen LogP contribution is 2.20. The molecule has 3 nitrogen and oxygen atoms in total. The maximum absolute atomic E-state index is 5.73. The minimum atomic E-state index is 0.540. The number of para-hydroxylation sites is 1. The van der Waals surface area contributed by atoms with Gasteiger partial charge in [-0.2, -0.15) is 0 Å². The lowest BCUT2D eigenvalue weighted by atomic mass is 10.2. The fourth-order valence-corrected chi connectivity index (χ4v) is 1.90. The van der Waals surface area contributed by atoms with Crippen molar-refractivity contribution >= 4 is 16.8 Å². The molecule has 3 rings (SSSR count). The first kappa shape index (κ1) is 9.90. The monoisotopic (exact) mass is 224 g/mol. The summed E-state index contributed by atoms with van der Waals surface area (Å²) in [6.07, 6.45) is 0.666. The lowest BCUT2D eigenvalue weighted by Gasteiger charge is -1.98.